The number of benzene rings is 1. The van der Waals surface area contributed by atoms with E-state index in [0.29, 0.717) is 29.2 Å². The van der Waals surface area contributed by atoms with E-state index in [-0.39, 0.29) is 59.7 Å². The van der Waals surface area contributed by atoms with E-state index in [1.165, 1.54) is 17.6 Å². The predicted octanol–water partition coefficient (Wildman–Crippen LogP) is 9.18. The third-order valence-corrected chi connectivity index (χ3v) is 17.3. The van der Waals surface area contributed by atoms with Crippen molar-refractivity contribution in [3.05, 3.63) is 53.6 Å². The SMILES string of the molecule is C=C(C)[C@@H]1CC[C@]2(NC(=O)N3CCN(C(=O)OC(C)(C)C)CC3CC(=O)O)CC[C@]3(C)[C@H](CC[C@@H]4[C@@]5(C)CC=C(c6ccc(C(O)O)cc6)C(C)(C)[C@@H]5CC[C@]43C)[C@@H]12. The summed E-state index contributed by atoms with van der Waals surface area (Å²) in [5.41, 5.74) is 3.41. The van der Waals surface area contributed by atoms with Gasteiger partial charge >= 0.3 is 18.1 Å². The number of carboxylic acid groups (broad SMARTS) is 1. The summed E-state index contributed by atoms with van der Waals surface area (Å²) >= 11 is 0. The van der Waals surface area contributed by atoms with Gasteiger partial charge in [0.15, 0.2) is 6.29 Å². The minimum atomic E-state index is -1.47. The highest BCUT2D eigenvalue weighted by atomic mass is 16.6. The van der Waals surface area contributed by atoms with Crippen LogP contribution in [-0.4, -0.2) is 80.0 Å². The number of urea groups is 1. The second-order valence-electron chi connectivity index (χ2n) is 21.7. The number of carboxylic acids is 1. The van der Waals surface area contributed by atoms with E-state index in [2.05, 4.69) is 59.5 Å². The quantitative estimate of drug-likeness (QED) is 0.166. The molecule has 0 radical (unpaired) electrons. The van der Waals surface area contributed by atoms with Gasteiger partial charge in [0, 0.05) is 30.7 Å². The van der Waals surface area contributed by atoms with Crippen LogP contribution in [0.3, 0.4) is 0 Å². The maximum atomic E-state index is 14.6. The van der Waals surface area contributed by atoms with Crippen LogP contribution in [-0.2, 0) is 9.53 Å². The smallest absolute Gasteiger partial charge is 0.410 e. The van der Waals surface area contributed by atoms with Crippen LogP contribution >= 0.6 is 0 Å². The lowest BCUT2D eigenvalue weighted by Gasteiger charge is -2.72. The van der Waals surface area contributed by atoms with Gasteiger partial charge in [0.1, 0.15) is 5.60 Å². The van der Waals surface area contributed by atoms with Crippen molar-refractivity contribution in [3.8, 4) is 0 Å². The molecule has 3 amide bonds. The normalized spacial score (nSPS) is 38.1. The van der Waals surface area contributed by atoms with Gasteiger partial charge in [-0.05, 0) is 148 Å². The molecule has 5 fully saturated rings. The molecule has 0 spiro atoms. The molecule has 10 atom stereocenters. The monoisotopic (exact) mass is 802 g/mol. The fraction of sp³-hybridized carbons (Fsp3) is 0.729. The van der Waals surface area contributed by atoms with E-state index in [4.69, 9.17) is 4.74 Å². The lowest BCUT2D eigenvalue weighted by Crippen LogP contribution is -2.69. The number of amides is 3. The summed E-state index contributed by atoms with van der Waals surface area (Å²) in [5, 5.41) is 33.0. The Morgan fingerprint density at radius 1 is 0.914 bits per heavy atom. The van der Waals surface area contributed by atoms with E-state index in [9.17, 15) is 29.7 Å². The Hall–Kier alpha value is -3.37. The maximum Gasteiger partial charge on any atom is 0.410 e. The van der Waals surface area contributed by atoms with E-state index in [0.717, 1.165) is 56.9 Å². The van der Waals surface area contributed by atoms with Gasteiger partial charge in [-0.3, -0.25) is 4.79 Å². The number of allylic oxidation sites excluding steroid dienone is 3. The van der Waals surface area contributed by atoms with Crippen molar-refractivity contribution in [2.24, 2.45) is 51.2 Å². The van der Waals surface area contributed by atoms with Gasteiger partial charge in [-0.15, -0.1) is 0 Å². The van der Waals surface area contributed by atoms with Crippen molar-refractivity contribution in [2.45, 2.75) is 150 Å². The number of piperazine rings is 1. The number of aliphatic carboxylic acids is 1. The molecule has 58 heavy (non-hydrogen) atoms. The highest BCUT2D eigenvalue weighted by molar-refractivity contribution is 5.78. The summed E-state index contributed by atoms with van der Waals surface area (Å²) in [4.78, 5) is 42.9. The maximum absolute atomic E-state index is 14.6. The van der Waals surface area contributed by atoms with E-state index >= 15 is 0 Å². The summed E-state index contributed by atoms with van der Waals surface area (Å²) in [7, 11) is 0. The first-order chi connectivity index (χ1) is 27.0. The van der Waals surface area contributed by atoms with Gasteiger partial charge in [0.25, 0.3) is 0 Å². The molecule has 1 saturated heterocycles. The largest absolute Gasteiger partial charge is 0.481 e. The lowest BCUT2D eigenvalue weighted by atomic mass is 9.33. The number of nitrogens with one attached hydrogen (secondary N) is 1. The Bertz CT molecular complexity index is 1830. The summed E-state index contributed by atoms with van der Waals surface area (Å²) in [5.74, 6) is 1.01. The summed E-state index contributed by atoms with van der Waals surface area (Å²) in [6.07, 6.45) is 9.70. The standard InChI is InChI=1S/C48H71N3O7/c1-29(2)33-17-22-48(49-41(56)51-26-25-50(28-32(51)27-38(52)53)42(57)58-43(3,4)5)24-23-46(9)35(39(33)48)15-16-37-45(8)20-18-34(30-11-13-31(14-12-30)40(54)55)44(6,7)36(45)19-21-47(37,46)10/h11-14,18,32-33,35-37,39-40,54-55H,1,15-17,19-28H2,2-10H3,(H,49,56)(H,52,53)/t32?,33-,35+,36-,37+,39+,45-,46+,47+,48-/m0/s1. The average Bonchev–Trinajstić information content (AvgIpc) is 3.50. The fourth-order valence-electron chi connectivity index (χ4n) is 14.6. The molecule has 1 heterocycles. The summed E-state index contributed by atoms with van der Waals surface area (Å²) in [6.45, 7) is 25.4. The molecule has 320 valence electrons. The van der Waals surface area contributed by atoms with E-state index in [1.807, 2.05) is 45.0 Å². The number of hydrogen-bond acceptors (Lipinski definition) is 6. The molecular weight excluding hydrogens is 731 g/mol. The summed E-state index contributed by atoms with van der Waals surface area (Å²) < 4.78 is 5.62. The van der Waals surface area contributed by atoms with Crippen molar-refractivity contribution in [1.29, 1.82) is 0 Å². The Labute approximate surface area is 346 Å². The number of nitrogens with zero attached hydrogens (tertiary/aromatic N) is 2. The molecule has 0 bridgehead atoms. The zero-order chi connectivity index (χ0) is 42.4. The number of aliphatic hydroxyl groups excluding tert-OH is 1. The second-order valence-corrected chi connectivity index (χ2v) is 21.7. The third-order valence-electron chi connectivity index (χ3n) is 17.3. The number of fused-ring (bicyclic) bond motifs is 7. The molecule has 1 aromatic rings. The van der Waals surface area contributed by atoms with E-state index in [1.54, 1.807) is 9.80 Å². The number of rotatable bonds is 6. The molecular formula is C48H71N3O7. The van der Waals surface area contributed by atoms with E-state index < -0.39 is 35.5 Å². The lowest BCUT2D eigenvalue weighted by molar-refractivity contribution is -0.218. The van der Waals surface area contributed by atoms with Gasteiger partial charge in [0.2, 0.25) is 0 Å². The molecule has 10 nitrogen and oxygen atoms in total. The van der Waals surface area contributed by atoms with Crippen molar-refractivity contribution in [1.82, 2.24) is 15.1 Å². The topological polar surface area (TPSA) is 140 Å². The van der Waals surface area contributed by atoms with Crippen molar-refractivity contribution >= 4 is 23.7 Å². The number of carbonyl (C=O) groups is 3. The van der Waals surface area contributed by atoms with Crippen LogP contribution in [0.1, 0.15) is 144 Å². The molecule has 1 aliphatic heterocycles. The number of ether oxygens (including phenoxy) is 1. The number of hydrogen-bond donors (Lipinski definition) is 4. The van der Waals surface area contributed by atoms with Crippen molar-refractivity contribution in [3.63, 3.8) is 0 Å². The van der Waals surface area contributed by atoms with Gasteiger partial charge in [0.05, 0.1) is 12.5 Å². The molecule has 4 saturated carbocycles. The zero-order valence-corrected chi connectivity index (χ0v) is 36.7. The first-order valence-corrected chi connectivity index (χ1v) is 22.1. The Morgan fingerprint density at radius 2 is 1.60 bits per heavy atom. The van der Waals surface area contributed by atoms with Gasteiger partial charge in [-0.1, -0.05) is 77.1 Å². The highest BCUT2D eigenvalue weighted by Gasteiger charge is 2.70. The molecule has 7 rings (SSSR count). The Morgan fingerprint density at radius 3 is 2.22 bits per heavy atom. The number of aliphatic hydroxyl groups is 2. The minimum absolute atomic E-state index is 0.0508. The molecule has 6 aliphatic rings. The molecule has 1 unspecified atom stereocenters. The third kappa shape index (κ3) is 6.90. The Kier molecular flexibility index (Phi) is 10.8. The first kappa shape index (κ1) is 42.7. The van der Waals surface area contributed by atoms with Gasteiger partial charge < -0.3 is 35.2 Å². The zero-order valence-electron chi connectivity index (χ0n) is 36.7. The molecule has 0 aromatic heterocycles. The number of carbonyl (C=O) groups excluding carboxylic acids is 2. The fourth-order valence-corrected chi connectivity index (χ4v) is 14.6. The van der Waals surface area contributed by atoms with Crippen LogP contribution < -0.4 is 5.32 Å². The van der Waals surface area contributed by atoms with Crippen molar-refractivity contribution < 1.29 is 34.4 Å². The van der Waals surface area contributed by atoms with Crippen LogP contribution in [0, 0.1) is 51.2 Å². The van der Waals surface area contributed by atoms with Crippen LogP contribution in [0.2, 0.25) is 0 Å². The summed E-state index contributed by atoms with van der Waals surface area (Å²) in [6, 6.07) is 6.89. The molecule has 4 N–H and O–H groups in total. The Balaban J connectivity index is 1.15. The highest BCUT2D eigenvalue weighted by Crippen LogP contribution is 2.76. The first-order valence-electron chi connectivity index (χ1n) is 22.1. The van der Waals surface area contributed by atoms with Crippen LogP contribution in [0.25, 0.3) is 5.57 Å². The van der Waals surface area contributed by atoms with Gasteiger partial charge in [-0.2, -0.15) is 0 Å². The van der Waals surface area contributed by atoms with Crippen LogP contribution in [0.4, 0.5) is 9.59 Å². The second kappa shape index (κ2) is 14.7. The van der Waals surface area contributed by atoms with Crippen LogP contribution in [0.15, 0.2) is 42.5 Å². The average molecular weight is 802 g/mol. The van der Waals surface area contributed by atoms with Gasteiger partial charge in [-0.25, -0.2) is 9.59 Å². The molecule has 5 aliphatic carbocycles. The van der Waals surface area contributed by atoms with Crippen molar-refractivity contribution in [2.75, 3.05) is 19.6 Å². The minimum Gasteiger partial charge on any atom is -0.481 e. The molecule has 1 aromatic carbocycles. The van der Waals surface area contributed by atoms with Crippen LogP contribution in [0.5, 0.6) is 0 Å². The molecule has 10 heteroatoms. The predicted molar refractivity (Wildman–Crippen MR) is 225 cm³/mol.